The van der Waals surface area contributed by atoms with Gasteiger partial charge in [0.15, 0.2) is 0 Å². The van der Waals surface area contributed by atoms with Crippen LogP contribution >= 0.6 is 0 Å². The molecule has 1 rings (SSSR count). The van der Waals surface area contributed by atoms with Gasteiger partial charge in [0.1, 0.15) is 0 Å². The number of nitrogens with two attached hydrogens (primary N) is 1. The molecule has 5 heteroatoms. The molecule has 1 unspecified atom stereocenters. The van der Waals surface area contributed by atoms with Crippen LogP contribution in [-0.4, -0.2) is 29.4 Å². The highest BCUT2D eigenvalue weighted by Crippen LogP contribution is 2.19. The minimum absolute atomic E-state index is 0.0876. The Morgan fingerprint density at radius 1 is 1.43 bits per heavy atom. The van der Waals surface area contributed by atoms with E-state index in [-0.39, 0.29) is 18.0 Å². The quantitative estimate of drug-likeness (QED) is 0.788. The smallest absolute Gasteiger partial charge is 0.241 e. The van der Waals surface area contributed by atoms with E-state index in [2.05, 4.69) is 11.4 Å². The van der Waals surface area contributed by atoms with E-state index < -0.39 is 0 Å². The van der Waals surface area contributed by atoms with E-state index in [1.807, 2.05) is 44.7 Å². The third-order valence-electron chi connectivity index (χ3n) is 3.54. The molecular formula is C16H24N4O. The van der Waals surface area contributed by atoms with E-state index in [0.29, 0.717) is 18.7 Å². The van der Waals surface area contributed by atoms with Crippen LogP contribution in [0.1, 0.15) is 32.8 Å². The Hall–Kier alpha value is -2.06. The molecule has 1 atom stereocenters. The molecule has 0 aliphatic rings. The van der Waals surface area contributed by atoms with E-state index in [1.54, 1.807) is 6.07 Å². The van der Waals surface area contributed by atoms with Crippen molar-refractivity contribution in [3.8, 4) is 6.07 Å². The number of nitrogens with zero attached hydrogens (tertiary/aromatic N) is 2. The molecule has 0 fully saturated rings. The number of hydrogen-bond acceptors (Lipinski definition) is 4. The number of amides is 1. The van der Waals surface area contributed by atoms with Crippen LogP contribution in [0.2, 0.25) is 0 Å². The van der Waals surface area contributed by atoms with Crippen LogP contribution in [0.5, 0.6) is 0 Å². The first-order valence-corrected chi connectivity index (χ1v) is 7.16. The molecule has 0 bridgehead atoms. The van der Waals surface area contributed by atoms with Gasteiger partial charge in [-0.3, -0.25) is 9.69 Å². The summed E-state index contributed by atoms with van der Waals surface area (Å²) in [6, 6.07) is 7.46. The summed E-state index contributed by atoms with van der Waals surface area (Å²) in [5.74, 6) is -0.0876. The Morgan fingerprint density at radius 2 is 2.10 bits per heavy atom. The van der Waals surface area contributed by atoms with Gasteiger partial charge in [-0.2, -0.15) is 5.26 Å². The van der Waals surface area contributed by atoms with Crippen LogP contribution in [0.25, 0.3) is 0 Å². The van der Waals surface area contributed by atoms with Gasteiger partial charge in [0.2, 0.25) is 5.91 Å². The van der Waals surface area contributed by atoms with Crippen LogP contribution in [0.4, 0.5) is 11.4 Å². The molecule has 0 spiro atoms. The summed E-state index contributed by atoms with van der Waals surface area (Å²) in [6.45, 7) is 8.41. The molecule has 21 heavy (non-hydrogen) atoms. The molecule has 0 saturated heterocycles. The number of carbonyl (C=O) groups is 1. The molecule has 0 radical (unpaired) electrons. The van der Waals surface area contributed by atoms with E-state index in [4.69, 9.17) is 11.0 Å². The minimum Gasteiger partial charge on any atom is -0.399 e. The van der Waals surface area contributed by atoms with E-state index in [0.717, 1.165) is 11.3 Å². The van der Waals surface area contributed by atoms with Crippen LogP contribution in [-0.2, 0) is 4.79 Å². The third-order valence-corrected chi connectivity index (χ3v) is 3.54. The number of anilines is 2. The molecule has 0 aliphatic heterocycles. The van der Waals surface area contributed by atoms with E-state index >= 15 is 0 Å². The maximum atomic E-state index is 12.4. The number of nitriles is 1. The monoisotopic (exact) mass is 288 g/mol. The zero-order valence-electron chi connectivity index (χ0n) is 13.2. The highest BCUT2D eigenvalue weighted by Gasteiger charge is 2.23. The molecule has 0 aliphatic carbocycles. The van der Waals surface area contributed by atoms with Crippen molar-refractivity contribution >= 4 is 17.3 Å². The summed E-state index contributed by atoms with van der Waals surface area (Å²) in [4.78, 5) is 14.4. The predicted molar refractivity (Wildman–Crippen MR) is 85.8 cm³/mol. The standard InChI is InChI=1S/C16H24N4O/c1-11(2)20(9-5-8-17)13(4)16(21)19-15-10-14(18)7-6-12(15)3/h6-7,10-11,13H,5,9,18H2,1-4H3,(H,19,21). The number of aryl methyl sites for hydroxylation is 1. The molecule has 0 heterocycles. The maximum Gasteiger partial charge on any atom is 0.241 e. The summed E-state index contributed by atoms with van der Waals surface area (Å²) in [7, 11) is 0. The van der Waals surface area contributed by atoms with Crippen molar-refractivity contribution in [2.24, 2.45) is 0 Å². The number of benzene rings is 1. The second-order valence-corrected chi connectivity index (χ2v) is 5.48. The summed E-state index contributed by atoms with van der Waals surface area (Å²) in [6.07, 6.45) is 0.410. The van der Waals surface area contributed by atoms with Gasteiger partial charge in [-0.1, -0.05) is 6.07 Å². The second-order valence-electron chi connectivity index (χ2n) is 5.48. The molecule has 3 N–H and O–H groups in total. The Bertz CT molecular complexity index is 534. The van der Waals surface area contributed by atoms with Crippen LogP contribution in [0, 0.1) is 18.3 Å². The minimum atomic E-state index is -0.306. The first kappa shape index (κ1) is 17.0. The second kappa shape index (κ2) is 7.65. The van der Waals surface area contributed by atoms with Gasteiger partial charge < -0.3 is 11.1 Å². The molecule has 1 aromatic carbocycles. The van der Waals surface area contributed by atoms with E-state index in [9.17, 15) is 4.79 Å². The van der Waals surface area contributed by atoms with Gasteiger partial charge in [0.25, 0.3) is 0 Å². The number of hydrogen-bond donors (Lipinski definition) is 2. The van der Waals surface area contributed by atoms with Crippen molar-refractivity contribution in [2.45, 2.75) is 46.2 Å². The zero-order valence-corrected chi connectivity index (χ0v) is 13.2. The fraction of sp³-hybridized carbons (Fsp3) is 0.500. The largest absolute Gasteiger partial charge is 0.399 e. The molecular weight excluding hydrogens is 264 g/mol. The van der Waals surface area contributed by atoms with Crippen molar-refractivity contribution < 1.29 is 4.79 Å². The lowest BCUT2D eigenvalue weighted by Gasteiger charge is -2.31. The highest BCUT2D eigenvalue weighted by molar-refractivity contribution is 5.95. The topological polar surface area (TPSA) is 82.2 Å². The average Bonchev–Trinajstić information content (AvgIpc) is 2.42. The van der Waals surface area contributed by atoms with Gasteiger partial charge in [-0.15, -0.1) is 0 Å². The lowest BCUT2D eigenvalue weighted by Crippen LogP contribution is -2.46. The highest BCUT2D eigenvalue weighted by atomic mass is 16.2. The van der Waals surface area contributed by atoms with Crippen molar-refractivity contribution in [1.82, 2.24) is 4.90 Å². The SMILES string of the molecule is Cc1ccc(N)cc1NC(=O)C(C)N(CCC#N)C(C)C. The Balaban J connectivity index is 2.81. The lowest BCUT2D eigenvalue weighted by molar-refractivity contribution is -0.121. The molecule has 114 valence electrons. The molecule has 0 saturated carbocycles. The number of carbonyl (C=O) groups excluding carboxylic acids is 1. The van der Waals surface area contributed by atoms with Gasteiger partial charge >= 0.3 is 0 Å². The Kier molecular flexibility index (Phi) is 6.19. The number of rotatable bonds is 6. The molecule has 1 amide bonds. The predicted octanol–water partition coefficient (Wildman–Crippen LogP) is 2.53. The van der Waals surface area contributed by atoms with Gasteiger partial charge in [0.05, 0.1) is 12.1 Å². The fourth-order valence-corrected chi connectivity index (χ4v) is 2.24. The van der Waals surface area contributed by atoms with Gasteiger partial charge in [-0.25, -0.2) is 0 Å². The molecule has 5 nitrogen and oxygen atoms in total. The number of nitrogen functional groups attached to an aromatic ring is 1. The first-order valence-electron chi connectivity index (χ1n) is 7.16. The van der Waals surface area contributed by atoms with Crippen LogP contribution < -0.4 is 11.1 Å². The lowest BCUT2D eigenvalue weighted by atomic mass is 10.1. The van der Waals surface area contributed by atoms with Crippen molar-refractivity contribution in [2.75, 3.05) is 17.6 Å². The van der Waals surface area contributed by atoms with Gasteiger partial charge in [0, 0.05) is 30.4 Å². The number of nitrogens with one attached hydrogen (secondary N) is 1. The summed E-state index contributed by atoms with van der Waals surface area (Å²) in [5.41, 5.74) is 8.08. The zero-order chi connectivity index (χ0) is 16.0. The molecule has 1 aromatic rings. The fourth-order valence-electron chi connectivity index (χ4n) is 2.24. The van der Waals surface area contributed by atoms with Crippen molar-refractivity contribution in [3.63, 3.8) is 0 Å². The van der Waals surface area contributed by atoms with Crippen molar-refractivity contribution in [3.05, 3.63) is 23.8 Å². The van der Waals surface area contributed by atoms with E-state index in [1.165, 1.54) is 0 Å². The Morgan fingerprint density at radius 3 is 2.67 bits per heavy atom. The van der Waals surface area contributed by atoms with Gasteiger partial charge in [-0.05, 0) is 45.4 Å². The third kappa shape index (κ3) is 4.76. The van der Waals surface area contributed by atoms with Crippen LogP contribution in [0.15, 0.2) is 18.2 Å². The average molecular weight is 288 g/mol. The molecule has 0 aromatic heterocycles. The van der Waals surface area contributed by atoms with Crippen molar-refractivity contribution in [1.29, 1.82) is 5.26 Å². The normalized spacial score (nSPS) is 12.2. The summed E-state index contributed by atoms with van der Waals surface area (Å²) < 4.78 is 0. The Labute approximate surface area is 126 Å². The summed E-state index contributed by atoms with van der Waals surface area (Å²) in [5, 5.41) is 11.6. The maximum absolute atomic E-state index is 12.4. The summed E-state index contributed by atoms with van der Waals surface area (Å²) >= 11 is 0. The van der Waals surface area contributed by atoms with Crippen LogP contribution in [0.3, 0.4) is 0 Å². The first-order chi connectivity index (χ1) is 9.86.